The molecule has 0 aromatic heterocycles. The van der Waals surface area contributed by atoms with Gasteiger partial charge in [-0.15, -0.1) is 0 Å². The molecule has 2 rings (SSSR count). The summed E-state index contributed by atoms with van der Waals surface area (Å²) in [5.74, 6) is 0.523. The fourth-order valence-corrected chi connectivity index (χ4v) is 3.28. The van der Waals surface area contributed by atoms with E-state index in [-0.39, 0.29) is 16.4 Å². The quantitative estimate of drug-likeness (QED) is 0.539. The van der Waals surface area contributed by atoms with Crippen molar-refractivity contribution in [2.45, 2.75) is 43.9 Å². The molecule has 0 radical (unpaired) electrons. The van der Waals surface area contributed by atoms with Crippen molar-refractivity contribution in [1.82, 2.24) is 0 Å². The molecule has 24 heavy (non-hydrogen) atoms. The van der Waals surface area contributed by atoms with Crippen LogP contribution in [0.5, 0.6) is 17.2 Å². The summed E-state index contributed by atoms with van der Waals surface area (Å²) in [6, 6.07) is 11.0. The second-order valence-corrected chi connectivity index (χ2v) is 6.98. The zero-order chi connectivity index (χ0) is 17.6. The van der Waals surface area contributed by atoms with E-state index in [1.165, 1.54) is 18.2 Å². The summed E-state index contributed by atoms with van der Waals surface area (Å²) >= 11 is 0. The van der Waals surface area contributed by atoms with Gasteiger partial charge in [0.2, 0.25) is 0 Å². The van der Waals surface area contributed by atoms with Crippen molar-refractivity contribution in [1.29, 1.82) is 0 Å². The number of hydrogen-bond acceptors (Lipinski definition) is 4. The highest BCUT2D eigenvalue weighted by Crippen LogP contribution is 2.35. The minimum atomic E-state index is -4.34. The lowest BCUT2D eigenvalue weighted by molar-refractivity contribution is 0.407. The first-order valence-corrected chi connectivity index (χ1v) is 9.42. The molecule has 2 N–H and O–H groups in total. The van der Waals surface area contributed by atoms with Crippen LogP contribution in [0.15, 0.2) is 47.4 Å². The second-order valence-electron chi connectivity index (χ2n) is 5.59. The molecule has 0 unspecified atom stereocenters. The van der Waals surface area contributed by atoms with Crippen LogP contribution in [0.4, 0.5) is 0 Å². The molecule has 0 aliphatic rings. The van der Waals surface area contributed by atoms with Gasteiger partial charge in [-0.1, -0.05) is 44.4 Å². The molecule has 2 aromatic carbocycles. The molecule has 2 aromatic rings. The van der Waals surface area contributed by atoms with Gasteiger partial charge in [-0.25, -0.2) is 0 Å². The Bertz CT molecular complexity index is 784. The van der Waals surface area contributed by atoms with E-state index in [0.29, 0.717) is 17.7 Å². The van der Waals surface area contributed by atoms with E-state index < -0.39 is 10.1 Å². The van der Waals surface area contributed by atoms with Gasteiger partial charge >= 0.3 is 0 Å². The summed E-state index contributed by atoms with van der Waals surface area (Å²) in [6.07, 6.45) is 4.35. The molecule has 0 amide bonds. The average Bonchev–Trinajstić information content (AvgIpc) is 2.53. The van der Waals surface area contributed by atoms with Crippen molar-refractivity contribution in [3.8, 4) is 17.2 Å². The number of phenolic OH excluding ortho intramolecular Hbond substituents is 1. The zero-order valence-electron chi connectivity index (χ0n) is 13.6. The summed E-state index contributed by atoms with van der Waals surface area (Å²) in [5, 5.41) is 9.85. The molecule has 5 nitrogen and oxygen atoms in total. The molecule has 130 valence electrons. The van der Waals surface area contributed by atoms with Crippen LogP contribution in [-0.2, 0) is 16.5 Å². The van der Waals surface area contributed by atoms with Crippen molar-refractivity contribution < 1.29 is 22.8 Å². The number of aromatic hydroxyl groups is 1. The average molecular weight is 350 g/mol. The first-order valence-electron chi connectivity index (χ1n) is 7.98. The summed E-state index contributed by atoms with van der Waals surface area (Å²) in [4.78, 5) is -0.146. The third-order valence-electron chi connectivity index (χ3n) is 3.73. The Hall–Kier alpha value is -2.05. The maximum atomic E-state index is 11.7. The Balaban J connectivity index is 2.37. The van der Waals surface area contributed by atoms with Crippen LogP contribution in [-0.4, -0.2) is 18.1 Å². The van der Waals surface area contributed by atoms with Gasteiger partial charge in [0.15, 0.2) is 11.5 Å². The van der Waals surface area contributed by atoms with Crippen LogP contribution in [0.25, 0.3) is 0 Å². The molecule has 0 fully saturated rings. The van der Waals surface area contributed by atoms with E-state index in [1.54, 1.807) is 24.3 Å². The number of ether oxygens (including phenoxy) is 1. The fourth-order valence-electron chi connectivity index (χ4n) is 2.52. The standard InChI is InChI=1S/C18H22O5S/c1-2-3-4-5-9-14-16(12-8-13-18(14)24(20,21)22)23-17-11-7-6-10-15(17)19/h6-8,10-13,19H,2-5,9H2,1H3,(H,20,21,22). The van der Waals surface area contributed by atoms with E-state index >= 15 is 0 Å². The Morgan fingerprint density at radius 2 is 1.67 bits per heavy atom. The highest BCUT2D eigenvalue weighted by atomic mass is 32.2. The lowest BCUT2D eigenvalue weighted by atomic mass is 10.1. The van der Waals surface area contributed by atoms with Gasteiger partial charge in [-0.2, -0.15) is 8.42 Å². The van der Waals surface area contributed by atoms with E-state index in [4.69, 9.17) is 4.74 Å². The van der Waals surface area contributed by atoms with Gasteiger partial charge in [-0.3, -0.25) is 4.55 Å². The van der Waals surface area contributed by atoms with Crippen molar-refractivity contribution in [2.75, 3.05) is 0 Å². The SMILES string of the molecule is CCCCCCc1c(Oc2ccccc2O)cccc1S(=O)(=O)O. The molecule has 0 atom stereocenters. The van der Waals surface area contributed by atoms with Crippen molar-refractivity contribution in [2.24, 2.45) is 0 Å². The monoisotopic (exact) mass is 350 g/mol. The highest BCUT2D eigenvalue weighted by molar-refractivity contribution is 7.85. The summed E-state index contributed by atoms with van der Waals surface area (Å²) in [7, 11) is -4.34. The van der Waals surface area contributed by atoms with Crippen LogP contribution in [0.2, 0.25) is 0 Å². The van der Waals surface area contributed by atoms with Crippen LogP contribution in [0.3, 0.4) is 0 Å². The largest absolute Gasteiger partial charge is 0.504 e. The molecule has 6 heteroatoms. The van der Waals surface area contributed by atoms with Crippen LogP contribution in [0, 0.1) is 0 Å². The predicted molar refractivity (Wildman–Crippen MR) is 92.3 cm³/mol. The summed E-state index contributed by atoms with van der Waals surface area (Å²) < 4.78 is 38.5. The Labute approximate surface area is 142 Å². The first kappa shape index (κ1) is 18.3. The number of unbranched alkanes of at least 4 members (excludes halogenated alkanes) is 3. The third-order valence-corrected chi connectivity index (χ3v) is 4.67. The lowest BCUT2D eigenvalue weighted by Gasteiger charge is -2.15. The van der Waals surface area contributed by atoms with Gasteiger partial charge in [-0.05, 0) is 37.1 Å². The normalized spacial score (nSPS) is 11.4. The lowest BCUT2D eigenvalue weighted by Crippen LogP contribution is -2.05. The van der Waals surface area contributed by atoms with Crippen LogP contribution >= 0.6 is 0 Å². The summed E-state index contributed by atoms with van der Waals surface area (Å²) in [5.41, 5.74) is 0.430. The van der Waals surface area contributed by atoms with Gasteiger partial charge in [0.1, 0.15) is 10.6 Å². The Morgan fingerprint density at radius 3 is 2.33 bits per heavy atom. The maximum absolute atomic E-state index is 11.7. The molecule has 0 heterocycles. The molecular formula is C18H22O5S. The number of benzene rings is 2. The number of hydrogen-bond donors (Lipinski definition) is 2. The van der Waals surface area contributed by atoms with Gasteiger partial charge in [0, 0.05) is 5.56 Å². The number of para-hydroxylation sites is 2. The minimum absolute atomic E-state index is 0.0355. The summed E-state index contributed by atoms with van der Waals surface area (Å²) in [6.45, 7) is 2.10. The predicted octanol–water partition coefficient (Wildman–Crippen LogP) is 4.55. The van der Waals surface area contributed by atoms with Crippen molar-refractivity contribution >= 4 is 10.1 Å². The van der Waals surface area contributed by atoms with E-state index in [2.05, 4.69) is 6.92 Å². The zero-order valence-corrected chi connectivity index (χ0v) is 14.4. The molecular weight excluding hydrogens is 328 g/mol. The molecule has 0 spiro atoms. The maximum Gasteiger partial charge on any atom is 0.294 e. The van der Waals surface area contributed by atoms with Crippen molar-refractivity contribution in [3.63, 3.8) is 0 Å². The molecule has 0 saturated heterocycles. The van der Waals surface area contributed by atoms with Crippen LogP contribution in [0.1, 0.15) is 38.2 Å². The number of phenols is 1. The smallest absolute Gasteiger partial charge is 0.294 e. The molecule has 0 saturated carbocycles. The van der Waals surface area contributed by atoms with E-state index in [0.717, 1.165) is 25.7 Å². The highest BCUT2D eigenvalue weighted by Gasteiger charge is 2.19. The molecule has 0 bridgehead atoms. The van der Waals surface area contributed by atoms with E-state index in [1.807, 2.05) is 0 Å². The molecule has 0 aliphatic heterocycles. The van der Waals surface area contributed by atoms with Crippen LogP contribution < -0.4 is 4.74 Å². The van der Waals surface area contributed by atoms with Gasteiger partial charge in [0.05, 0.1) is 0 Å². The van der Waals surface area contributed by atoms with Gasteiger partial charge < -0.3 is 9.84 Å². The van der Waals surface area contributed by atoms with Crippen molar-refractivity contribution in [3.05, 3.63) is 48.0 Å². The third kappa shape index (κ3) is 4.72. The second kappa shape index (κ2) is 8.17. The molecule has 0 aliphatic carbocycles. The minimum Gasteiger partial charge on any atom is -0.504 e. The first-order chi connectivity index (χ1) is 11.4. The Morgan fingerprint density at radius 1 is 0.958 bits per heavy atom. The van der Waals surface area contributed by atoms with Gasteiger partial charge in [0.25, 0.3) is 10.1 Å². The van der Waals surface area contributed by atoms with E-state index in [9.17, 15) is 18.1 Å². The Kier molecular flexibility index (Phi) is 6.23. The fraction of sp³-hybridized carbons (Fsp3) is 0.333. The topological polar surface area (TPSA) is 83.8 Å². The number of rotatable bonds is 8.